The number of benzene rings is 3. The molecule has 0 aliphatic rings. The highest BCUT2D eigenvalue weighted by Gasteiger charge is 2.15. The SMILES string of the molecule is Cc1ccc2c(COC(=O)Cn3c4ccccc4c(=O)c4ccccc43)cc(=O)oc2c1C. The lowest BCUT2D eigenvalue weighted by molar-refractivity contribution is -0.145. The van der Waals surface area contributed by atoms with Gasteiger partial charge in [0.15, 0.2) is 5.43 Å². The summed E-state index contributed by atoms with van der Waals surface area (Å²) in [6, 6.07) is 19.6. The number of carbonyl (C=O) groups excluding carboxylic acids is 1. The molecule has 2 heterocycles. The fraction of sp³-hybridized carbons (Fsp3) is 0.148. The van der Waals surface area contributed by atoms with Gasteiger partial charge in [-0.1, -0.05) is 36.4 Å². The Bertz CT molecular complexity index is 1620. The molecule has 0 radical (unpaired) electrons. The van der Waals surface area contributed by atoms with Crippen molar-refractivity contribution >= 4 is 38.7 Å². The molecule has 0 N–H and O–H groups in total. The van der Waals surface area contributed by atoms with Gasteiger partial charge >= 0.3 is 11.6 Å². The average Bonchev–Trinajstić information content (AvgIpc) is 2.83. The molecule has 3 aromatic carbocycles. The number of para-hydroxylation sites is 2. The summed E-state index contributed by atoms with van der Waals surface area (Å²) in [7, 11) is 0. The van der Waals surface area contributed by atoms with Crippen molar-refractivity contribution in [2.24, 2.45) is 0 Å². The van der Waals surface area contributed by atoms with E-state index in [0.29, 0.717) is 33.0 Å². The lowest BCUT2D eigenvalue weighted by Gasteiger charge is -2.15. The number of esters is 1. The van der Waals surface area contributed by atoms with Gasteiger partial charge in [-0.3, -0.25) is 9.59 Å². The third kappa shape index (κ3) is 3.59. The van der Waals surface area contributed by atoms with Gasteiger partial charge in [-0.05, 0) is 49.2 Å². The highest BCUT2D eigenvalue weighted by Crippen LogP contribution is 2.24. The number of rotatable bonds is 4. The maximum atomic E-state index is 12.9. The number of carbonyl (C=O) groups is 1. The van der Waals surface area contributed by atoms with Gasteiger partial charge in [0.1, 0.15) is 18.7 Å². The third-order valence-electron chi connectivity index (χ3n) is 6.07. The van der Waals surface area contributed by atoms with Crippen LogP contribution < -0.4 is 11.1 Å². The lowest BCUT2D eigenvalue weighted by atomic mass is 10.0. The zero-order valence-electron chi connectivity index (χ0n) is 18.3. The molecule has 0 spiro atoms. The van der Waals surface area contributed by atoms with Gasteiger partial charge in [-0.25, -0.2) is 4.79 Å². The summed E-state index contributed by atoms with van der Waals surface area (Å²) in [6.45, 7) is 3.71. The van der Waals surface area contributed by atoms with Crippen LogP contribution in [-0.2, 0) is 22.7 Å². The van der Waals surface area contributed by atoms with Gasteiger partial charge in [0.05, 0.1) is 11.0 Å². The predicted octanol–water partition coefficient (Wildman–Crippen LogP) is 4.62. The minimum Gasteiger partial charge on any atom is -0.459 e. The number of hydrogen-bond donors (Lipinski definition) is 0. The van der Waals surface area contributed by atoms with Crippen molar-refractivity contribution < 1.29 is 13.9 Å². The van der Waals surface area contributed by atoms with Crippen LogP contribution in [0.15, 0.2) is 80.7 Å². The maximum Gasteiger partial charge on any atom is 0.336 e. The van der Waals surface area contributed by atoms with Gasteiger partial charge < -0.3 is 13.7 Å². The zero-order chi connectivity index (χ0) is 23.1. The first-order chi connectivity index (χ1) is 15.9. The zero-order valence-corrected chi connectivity index (χ0v) is 18.3. The summed E-state index contributed by atoms with van der Waals surface area (Å²) in [6.07, 6.45) is 0. The van der Waals surface area contributed by atoms with E-state index in [1.807, 2.05) is 50.2 Å². The van der Waals surface area contributed by atoms with Crippen LogP contribution in [0.25, 0.3) is 32.8 Å². The molecule has 5 aromatic rings. The Balaban J connectivity index is 1.50. The van der Waals surface area contributed by atoms with E-state index in [1.54, 1.807) is 28.8 Å². The van der Waals surface area contributed by atoms with Gasteiger partial charge in [0.2, 0.25) is 0 Å². The molecule has 0 bridgehead atoms. The molecule has 164 valence electrons. The minimum absolute atomic E-state index is 0.0561. The fourth-order valence-electron chi connectivity index (χ4n) is 4.22. The van der Waals surface area contributed by atoms with Crippen LogP contribution in [-0.4, -0.2) is 10.5 Å². The molecule has 0 saturated heterocycles. The van der Waals surface area contributed by atoms with Crippen molar-refractivity contribution in [3.63, 3.8) is 0 Å². The lowest BCUT2D eigenvalue weighted by Crippen LogP contribution is -2.18. The summed E-state index contributed by atoms with van der Waals surface area (Å²) in [5.41, 5.74) is 3.75. The molecule has 0 aliphatic heterocycles. The normalized spacial score (nSPS) is 11.3. The van der Waals surface area contributed by atoms with Crippen LogP contribution in [0.2, 0.25) is 0 Å². The van der Waals surface area contributed by atoms with Crippen LogP contribution in [0, 0.1) is 13.8 Å². The highest BCUT2D eigenvalue weighted by molar-refractivity contribution is 5.94. The van der Waals surface area contributed by atoms with Crippen molar-refractivity contribution in [3.05, 3.63) is 104 Å². The first kappa shape index (κ1) is 20.7. The standard InChI is InChI=1S/C27H21NO5/c1-16-11-12-19-18(13-24(29)33-27(19)17(16)2)15-32-25(30)14-28-22-9-5-3-7-20(22)26(31)21-8-4-6-10-23(21)28/h3-13H,14-15H2,1-2H3. The van der Waals surface area contributed by atoms with E-state index >= 15 is 0 Å². The summed E-state index contributed by atoms with van der Waals surface area (Å²) in [5.74, 6) is -0.473. The molecule has 0 aliphatic carbocycles. The Morgan fingerprint density at radius 1 is 0.879 bits per heavy atom. The van der Waals surface area contributed by atoms with Crippen molar-refractivity contribution in [2.75, 3.05) is 0 Å². The minimum atomic E-state index is -0.486. The molecule has 2 aromatic heterocycles. The summed E-state index contributed by atoms with van der Waals surface area (Å²) < 4.78 is 12.8. The maximum absolute atomic E-state index is 12.9. The van der Waals surface area contributed by atoms with Crippen LogP contribution >= 0.6 is 0 Å². The Kier molecular flexibility index (Phi) is 5.05. The topological polar surface area (TPSA) is 78.5 Å². The second-order valence-corrected chi connectivity index (χ2v) is 8.09. The quantitative estimate of drug-likeness (QED) is 0.232. The summed E-state index contributed by atoms with van der Waals surface area (Å²) >= 11 is 0. The largest absolute Gasteiger partial charge is 0.459 e. The van der Waals surface area contributed by atoms with Gasteiger partial charge in [-0.2, -0.15) is 0 Å². The first-order valence-corrected chi connectivity index (χ1v) is 10.6. The van der Waals surface area contributed by atoms with Gasteiger partial charge in [0.25, 0.3) is 0 Å². The number of hydrogen-bond acceptors (Lipinski definition) is 5. The average molecular weight is 439 g/mol. The molecule has 0 atom stereocenters. The molecule has 0 amide bonds. The van der Waals surface area contributed by atoms with Crippen LogP contribution in [0.5, 0.6) is 0 Å². The number of aromatic nitrogens is 1. The Morgan fingerprint density at radius 3 is 2.18 bits per heavy atom. The Morgan fingerprint density at radius 2 is 1.52 bits per heavy atom. The van der Waals surface area contributed by atoms with Crippen LogP contribution in [0.4, 0.5) is 0 Å². The Hall–Kier alpha value is -4.19. The van der Waals surface area contributed by atoms with Crippen molar-refractivity contribution in [1.82, 2.24) is 4.57 Å². The van der Waals surface area contributed by atoms with E-state index in [9.17, 15) is 14.4 Å². The third-order valence-corrected chi connectivity index (χ3v) is 6.07. The molecule has 33 heavy (non-hydrogen) atoms. The molecule has 0 saturated carbocycles. The summed E-state index contributed by atoms with van der Waals surface area (Å²) in [5, 5.41) is 1.83. The van der Waals surface area contributed by atoms with E-state index in [4.69, 9.17) is 9.15 Å². The van der Waals surface area contributed by atoms with Gasteiger partial charge in [-0.15, -0.1) is 0 Å². The molecular weight excluding hydrogens is 418 g/mol. The van der Waals surface area contributed by atoms with Crippen molar-refractivity contribution in [3.8, 4) is 0 Å². The molecule has 0 fully saturated rings. The first-order valence-electron chi connectivity index (χ1n) is 10.6. The van der Waals surface area contributed by atoms with Crippen molar-refractivity contribution in [1.29, 1.82) is 0 Å². The number of fused-ring (bicyclic) bond motifs is 3. The van der Waals surface area contributed by atoms with E-state index in [2.05, 4.69) is 0 Å². The second kappa shape index (κ2) is 8.06. The van der Waals surface area contributed by atoms with Crippen molar-refractivity contribution in [2.45, 2.75) is 27.0 Å². The highest BCUT2D eigenvalue weighted by atomic mass is 16.5. The monoisotopic (exact) mass is 439 g/mol. The van der Waals surface area contributed by atoms with Crippen LogP contribution in [0.1, 0.15) is 16.7 Å². The molecule has 6 heteroatoms. The number of nitrogens with zero attached hydrogens (tertiary/aromatic N) is 1. The fourth-order valence-corrected chi connectivity index (χ4v) is 4.22. The summed E-state index contributed by atoms with van der Waals surface area (Å²) in [4.78, 5) is 37.8. The molecule has 5 rings (SSSR count). The predicted molar refractivity (Wildman–Crippen MR) is 127 cm³/mol. The second-order valence-electron chi connectivity index (χ2n) is 8.09. The number of pyridine rings is 1. The van der Waals surface area contributed by atoms with Gasteiger partial charge in [0, 0.05) is 27.8 Å². The van der Waals surface area contributed by atoms with E-state index in [1.165, 1.54) is 6.07 Å². The van der Waals surface area contributed by atoms with E-state index < -0.39 is 11.6 Å². The molecule has 0 unspecified atom stereocenters. The number of aryl methyl sites for hydroxylation is 2. The van der Waals surface area contributed by atoms with E-state index in [-0.39, 0.29) is 18.6 Å². The number of ether oxygens (including phenoxy) is 1. The van der Waals surface area contributed by atoms with Crippen LogP contribution in [0.3, 0.4) is 0 Å². The Labute approximate surface area is 188 Å². The van der Waals surface area contributed by atoms with E-state index in [0.717, 1.165) is 16.5 Å². The molecular formula is C27H21NO5. The molecule has 6 nitrogen and oxygen atoms in total. The smallest absolute Gasteiger partial charge is 0.336 e.